The maximum atomic E-state index is 5.72. The number of hydrogen-bond donors (Lipinski definition) is 1. The fourth-order valence-electron chi connectivity index (χ4n) is 3.52. The van der Waals surface area contributed by atoms with Crippen molar-refractivity contribution in [3.05, 3.63) is 0 Å². The predicted molar refractivity (Wildman–Crippen MR) is 80.5 cm³/mol. The largest absolute Gasteiger partial charge is 0.378 e. The van der Waals surface area contributed by atoms with Crippen molar-refractivity contribution in [1.82, 2.24) is 10.2 Å². The van der Waals surface area contributed by atoms with Crippen molar-refractivity contribution < 1.29 is 4.74 Å². The van der Waals surface area contributed by atoms with E-state index in [0.29, 0.717) is 12.1 Å². The third-order valence-electron chi connectivity index (χ3n) is 5.24. The summed E-state index contributed by atoms with van der Waals surface area (Å²) in [7, 11) is 0. The molecule has 1 saturated carbocycles. The van der Waals surface area contributed by atoms with Gasteiger partial charge in [0.2, 0.25) is 0 Å². The minimum atomic E-state index is 0.532. The van der Waals surface area contributed by atoms with E-state index in [1.807, 2.05) is 0 Å². The van der Waals surface area contributed by atoms with Crippen molar-refractivity contribution in [3.8, 4) is 0 Å². The van der Waals surface area contributed by atoms with E-state index in [1.165, 1.54) is 38.8 Å². The van der Waals surface area contributed by atoms with E-state index in [9.17, 15) is 0 Å². The van der Waals surface area contributed by atoms with Crippen molar-refractivity contribution in [2.24, 2.45) is 5.92 Å². The molecule has 0 aromatic rings. The molecule has 3 heteroatoms. The van der Waals surface area contributed by atoms with Crippen molar-refractivity contribution in [2.75, 3.05) is 19.7 Å². The zero-order chi connectivity index (χ0) is 13.8. The Hall–Kier alpha value is -0.120. The number of ether oxygens (including phenoxy) is 1. The lowest BCUT2D eigenvalue weighted by atomic mass is 9.84. The Bertz CT molecular complexity index is 265. The number of piperazine rings is 1. The van der Waals surface area contributed by atoms with Crippen LogP contribution in [0.15, 0.2) is 0 Å². The minimum Gasteiger partial charge on any atom is -0.378 e. The highest BCUT2D eigenvalue weighted by Crippen LogP contribution is 2.32. The maximum Gasteiger partial charge on any atom is 0.0604 e. The molecule has 0 amide bonds. The van der Waals surface area contributed by atoms with Crippen molar-refractivity contribution in [2.45, 2.75) is 77.6 Å². The fourth-order valence-corrected chi connectivity index (χ4v) is 3.52. The highest BCUT2D eigenvalue weighted by Gasteiger charge is 2.40. The second-order valence-electron chi connectivity index (χ2n) is 6.36. The molecule has 3 unspecified atom stereocenters. The van der Waals surface area contributed by atoms with Gasteiger partial charge in [-0.3, -0.25) is 4.90 Å². The second kappa shape index (κ2) is 7.05. The standard InChI is InChI=1S/C16H32N2O/c1-5-12(4)16-11-18(13(6-2)10-17-16)14-8-15(9-14)19-7-3/h12-17H,5-11H2,1-4H3. The summed E-state index contributed by atoms with van der Waals surface area (Å²) in [5.41, 5.74) is 0. The Labute approximate surface area is 119 Å². The van der Waals surface area contributed by atoms with Crippen LogP contribution in [-0.4, -0.2) is 48.8 Å². The first-order chi connectivity index (χ1) is 9.19. The van der Waals surface area contributed by atoms with Crippen LogP contribution in [0.1, 0.15) is 53.4 Å². The van der Waals surface area contributed by atoms with Gasteiger partial charge in [0.25, 0.3) is 0 Å². The molecule has 2 aliphatic rings. The van der Waals surface area contributed by atoms with Gasteiger partial charge in [0, 0.05) is 37.8 Å². The van der Waals surface area contributed by atoms with E-state index in [4.69, 9.17) is 4.74 Å². The van der Waals surface area contributed by atoms with Crippen LogP contribution in [0.5, 0.6) is 0 Å². The zero-order valence-corrected chi connectivity index (χ0v) is 13.2. The SMILES string of the molecule is CCOC1CC(N2CC(C(C)CC)NCC2CC)C1. The van der Waals surface area contributed by atoms with Gasteiger partial charge in [0.1, 0.15) is 0 Å². The first-order valence-corrected chi connectivity index (χ1v) is 8.30. The van der Waals surface area contributed by atoms with Crippen LogP contribution in [0.25, 0.3) is 0 Å². The van der Waals surface area contributed by atoms with Gasteiger partial charge >= 0.3 is 0 Å². The lowest BCUT2D eigenvalue weighted by Gasteiger charge is -2.51. The van der Waals surface area contributed by atoms with Crippen LogP contribution in [0.2, 0.25) is 0 Å². The Kier molecular flexibility index (Phi) is 5.67. The first kappa shape index (κ1) is 15.3. The van der Waals surface area contributed by atoms with Crippen LogP contribution in [0.3, 0.4) is 0 Å². The first-order valence-electron chi connectivity index (χ1n) is 8.30. The lowest BCUT2D eigenvalue weighted by molar-refractivity contribution is -0.0692. The summed E-state index contributed by atoms with van der Waals surface area (Å²) in [4.78, 5) is 2.78. The zero-order valence-electron chi connectivity index (χ0n) is 13.2. The Morgan fingerprint density at radius 2 is 2.00 bits per heavy atom. The highest BCUT2D eigenvalue weighted by molar-refractivity contribution is 4.96. The van der Waals surface area contributed by atoms with Crippen LogP contribution in [-0.2, 0) is 4.74 Å². The third-order valence-corrected chi connectivity index (χ3v) is 5.24. The smallest absolute Gasteiger partial charge is 0.0604 e. The van der Waals surface area contributed by atoms with Crippen LogP contribution < -0.4 is 5.32 Å². The molecule has 0 radical (unpaired) electrons. The molecule has 19 heavy (non-hydrogen) atoms. The summed E-state index contributed by atoms with van der Waals surface area (Å²) in [5, 5.41) is 3.77. The van der Waals surface area contributed by atoms with Crippen LogP contribution in [0, 0.1) is 5.92 Å². The molecule has 0 bridgehead atoms. The summed E-state index contributed by atoms with van der Waals surface area (Å²) < 4.78 is 5.72. The van der Waals surface area contributed by atoms with Gasteiger partial charge in [-0.15, -0.1) is 0 Å². The topological polar surface area (TPSA) is 24.5 Å². The molecule has 1 aliphatic heterocycles. The van der Waals surface area contributed by atoms with Crippen molar-refractivity contribution >= 4 is 0 Å². The van der Waals surface area contributed by atoms with E-state index in [1.54, 1.807) is 0 Å². The third kappa shape index (κ3) is 3.50. The molecular weight excluding hydrogens is 236 g/mol. The number of nitrogens with zero attached hydrogens (tertiary/aromatic N) is 1. The van der Waals surface area contributed by atoms with Gasteiger partial charge in [0.05, 0.1) is 6.10 Å². The molecule has 0 spiro atoms. The number of hydrogen-bond acceptors (Lipinski definition) is 3. The molecule has 1 saturated heterocycles. The molecular formula is C16H32N2O. The van der Waals surface area contributed by atoms with Crippen LogP contribution in [0.4, 0.5) is 0 Å². The molecule has 0 aromatic heterocycles. The average Bonchev–Trinajstić information content (AvgIpc) is 2.40. The van der Waals surface area contributed by atoms with E-state index in [-0.39, 0.29) is 0 Å². The van der Waals surface area contributed by atoms with Crippen LogP contribution >= 0.6 is 0 Å². The van der Waals surface area contributed by atoms with E-state index in [2.05, 4.69) is 37.9 Å². The lowest BCUT2D eigenvalue weighted by Crippen LogP contribution is -2.63. The Balaban J connectivity index is 1.88. The molecule has 0 aromatic carbocycles. The fraction of sp³-hybridized carbons (Fsp3) is 1.00. The summed E-state index contributed by atoms with van der Waals surface area (Å²) in [6.07, 6.45) is 5.56. The van der Waals surface area contributed by atoms with E-state index < -0.39 is 0 Å². The molecule has 2 fully saturated rings. The van der Waals surface area contributed by atoms with Crippen molar-refractivity contribution in [3.63, 3.8) is 0 Å². The summed E-state index contributed by atoms with van der Waals surface area (Å²) in [6, 6.07) is 2.18. The normalized spacial score (nSPS) is 37.9. The Morgan fingerprint density at radius 3 is 2.58 bits per heavy atom. The Morgan fingerprint density at radius 1 is 1.26 bits per heavy atom. The second-order valence-corrected chi connectivity index (χ2v) is 6.36. The van der Waals surface area contributed by atoms with Gasteiger partial charge in [-0.1, -0.05) is 27.2 Å². The van der Waals surface area contributed by atoms with Gasteiger partial charge in [-0.25, -0.2) is 0 Å². The van der Waals surface area contributed by atoms with Gasteiger partial charge in [-0.2, -0.15) is 0 Å². The summed E-state index contributed by atoms with van der Waals surface area (Å²) >= 11 is 0. The van der Waals surface area contributed by atoms with Crippen molar-refractivity contribution in [1.29, 1.82) is 0 Å². The molecule has 3 atom stereocenters. The molecule has 3 nitrogen and oxygen atoms in total. The molecule has 1 heterocycles. The molecule has 112 valence electrons. The molecule has 1 aliphatic carbocycles. The highest BCUT2D eigenvalue weighted by atomic mass is 16.5. The van der Waals surface area contributed by atoms with Gasteiger partial charge < -0.3 is 10.1 Å². The summed E-state index contributed by atoms with van der Waals surface area (Å²) in [6.45, 7) is 12.4. The monoisotopic (exact) mass is 268 g/mol. The quantitative estimate of drug-likeness (QED) is 0.801. The van der Waals surface area contributed by atoms with Gasteiger partial charge in [-0.05, 0) is 32.1 Å². The number of nitrogens with one attached hydrogen (secondary N) is 1. The maximum absolute atomic E-state index is 5.72. The molecule has 2 rings (SSSR count). The van der Waals surface area contributed by atoms with Gasteiger partial charge in [0.15, 0.2) is 0 Å². The average molecular weight is 268 g/mol. The summed E-state index contributed by atoms with van der Waals surface area (Å²) in [5.74, 6) is 0.781. The predicted octanol–water partition coefficient (Wildman–Crippen LogP) is 2.65. The molecule has 1 N–H and O–H groups in total. The van der Waals surface area contributed by atoms with E-state index >= 15 is 0 Å². The number of rotatable bonds is 6. The minimum absolute atomic E-state index is 0.532. The van der Waals surface area contributed by atoms with E-state index in [0.717, 1.165) is 24.6 Å².